The van der Waals surface area contributed by atoms with E-state index in [4.69, 9.17) is 66.1 Å². The molecule has 3 fully saturated rings. The average Bonchev–Trinajstić information content (AvgIpc) is 3.53. The summed E-state index contributed by atoms with van der Waals surface area (Å²) in [5.41, 5.74) is -3.24. The highest BCUT2D eigenvalue weighted by Gasteiger charge is 2.43. The predicted octanol–water partition coefficient (Wildman–Crippen LogP) is 1.64. The van der Waals surface area contributed by atoms with E-state index < -0.39 is 58.6 Å². The van der Waals surface area contributed by atoms with Gasteiger partial charge in [-0.05, 0) is 53.3 Å². The van der Waals surface area contributed by atoms with Crippen LogP contribution in [0.1, 0.15) is 62.3 Å². The number of carboxylic acids is 1. The van der Waals surface area contributed by atoms with Gasteiger partial charge in [0.15, 0.2) is 0 Å². The van der Waals surface area contributed by atoms with E-state index in [0.717, 1.165) is 11.4 Å². The fourth-order valence-electron chi connectivity index (χ4n) is 5.48. The highest BCUT2D eigenvalue weighted by Crippen LogP contribution is 2.52. The van der Waals surface area contributed by atoms with E-state index in [1.54, 1.807) is 0 Å². The molecule has 310 valence electrons. The Morgan fingerprint density at radius 3 is 1.37 bits per heavy atom. The summed E-state index contributed by atoms with van der Waals surface area (Å²) in [6.45, 7) is 17.1. The minimum Gasteiger partial charge on any atom is -0.481 e. The Morgan fingerprint density at radius 2 is 1.06 bits per heavy atom. The topological polar surface area (TPSA) is 226 Å². The molecule has 0 aromatic rings. The SMILES string of the molecule is [B][C@@H]1O[C@H](COP(=O)(O)CC(=O)O)[C@@H](OC(C)C)C1C.[B][C@@H]1O[C@H](COP([BH3-])(=O)O)[C@@H](OC(C)C)C1C.[B][C@@H]1O[C@H](CSP(O)(O)=S)[C@@H](OC(C)C)C1C. The Bertz CT molecular complexity index is 1230. The first kappa shape index (κ1) is 52.7. The molecule has 0 aromatic carbocycles. The van der Waals surface area contributed by atoms with E-state index in [1.807, 2.05) is 62.3 Å². The summed E-state index contributed by atoms with van der Waals surface area (Å²) in [7, 11) is 9.24. The van der Waals surface area contributed by atoms with E-state index in [9.17, 15) is 33.5 Å². The van der Waals surface area contributed by atoms with Crippen molar-refractivity contribution in [2.45, 2.75) is 135 Å². The van der Waals surface area contributed by atoms with Gasteiger partial charge in [0.25, 0.3) is 0 Å². The lowest BCUT2D eigenvalue weighted by Gasteiger charge is -2.25. The van der Waals surface area contributed by atoms with Crippen LogP contribution < -0.4 is 0 Å². The molecule has 5 unspecified atom stereocenters. The third-order valence-electron chi connectivity index (χ3n) is 8.02. The standard InChI is InChI=1S/C11H20BO7P.C9H20B2O5P.C9H18BO4PS2/c1-6(2)18-10-7(3)11(12)19-8(10)4-17-20(15,16)5-9(13)14;1-5(2)15-8-6(3)9(10)16-7(8)4-14-17(11,12)13;1-5(2)13-8-6(3)9(10)14-7(8)4-17-15(11,12)16/h6-8,10-11H,4-5H2,1-3H3,(H,13,14)(H,15,16);5-9H,4H2,1-3,11H3,(H,12,13);5-9H,4H2,1-3H3,(H2,11,12,16)/q;-1;/t7?,8-,10+,11-;2*6?,7-,8+,9-/m111/s1. The third-order valence-corrected chi connectivity index (χ3v) is 12.8. The number of carboxylic acid groups (broad SMARTS) is 1. The van der Waals surface area contributed by atoms with Gasteiger partial charge in [0.05, 0.1) is 63.5 Å². The monoisotopic (exact) mass is 863 g/mol. The zero-order valence-corrected chi connectivity index (χ0v) is 35.9. The second-order valence-electron chi connectivity index (χ2n) is 13.7. The van der Waals surface area contributed by atoms with Crippen LogP contribution in [0.15, 0.2) is 0 Å². The van der Waals surface area contributed by atoms with Crippen molar-refractivity contribution in [3.05, 3.63) is 0 Å². The summed E-state index contributed by atoms with van der Waals surface area (Å²) in [5.74, 6) is -0.974. The maximum absolute atomic E-state index is 11.5. The van der Waals surface area contributed by atoms with Gasteiger partial charge >= 0.3 is 13.6 Å². The van der Waals surface area contributed by atoms with Gasteiger partial charge in [-0.2, -0.15) is 0 Å². The summed E-state index contributed by atoms with van der Waals surface area (Å²) >= 11 is 5.50. The Balaban J connectivity index is 0.000000407. The van der Waals surface area contributed by atoms with E-state index in [2.05, 4.69) is 11.8 Å². The van der Waals surface area contributed by atoms with Crippen molar-refractivity contribution in [3.8, 4) is 0 Å². The van der Waals surface area contributed by atoms with Crippen LogP contribution in [0.25, 0.3) is 0 Å². The molecule has 5 N–H and O–H groups in total. The number of ether oxygens (including phenoxy) is 6. The van der Waals surface area contributed by atoms with Gasteiger partial charge in [0.2, 0.25) is 5.69 Å². The minimum absolute atomic E-state index is 0.0491. The lowest BCUT2D eigenvalue weighted by atomic mass is 9.86. The first-order valence-electron chi connectivity index (χ1n) is 17.1. The first-order chi connectivity index (χ1) is 24.5. The quantitative estimate of drug-likeness (QED) is 0.104. The average molecular weight is 863 g/mol. The number of hydrogen-bond acceptors (Lipinski definition) is 13. The first-order valence-corrected chi connectivity index (χ1v) is 24.3. The van der Waals surface area contributed by atoms with Crippen molar-refractivity contribution >= 4 is 81.0 Å². The maximum atomic E-state index is 11.5. The second-order valence-corrected chi connectivity index (χ2v) is 22.4. The van der Waals surface area contributed by atoms with Crippen molar-refractivity contribution < 1.29 is 76.1 Å². The molecule has 25 heteroatoms. The molecule has 0 amide bonds. The maximum Gasteiger partial charge on any atom is 0.339 e. The van der Waals surface area contributed by atoms with Crippen molar-refractivity contribution in [3.63, 3.8) is 0 Å². The lowest BCUT2D eigenvalue weighted by molar-refractivity contribution is -0.134. The number of hydrogen-bond donors (Lipinski definition) is 5. The molecule has 3 aliphatic rings. The molecule has 3 heterocycles. The van der Waals surface area contributed by atoms with E-state index >= 15 is 0 Å². The number of aliphatic carboxylic acids is 1. The smallest absolute Gasteiger partial charge is 0.339 e. The zero-order chi connectivity index (χ0) is 41.9. The van der Waals surface area contributed by atoms with Crippen LogP contribution >= 0.6 is 32.1 Å². The van der Waals surface area contributed by atoms with Crippen LogP contribution in [0.4, 0.5) is 0 Å². The molecule has 0 saturated carbocycles. The van der Waals surface area contributed by atoms with Crippen molar-refractivity contribution in [1.29, 1.82) is 0 Å². The van der Waals surface area contributed by atoms with E-state index in [0.29, 0.717) is 5.75 Å². The second kappa shape index (κ2) is 23.5. The highest BCUT2D eigenvalue weighted by molar-refractivity contribution is 8.67. The minimum atomic E-state index is -4.18. The number of rotatable bonds is 17. The molecular formula is C29H58B4O16P3S2-. The molecule has 0 aliphatic carbocycles. The largest absolute Gasteiger partial charge is 0.481 e. The van der Waals surface area contributed by atoms with Crippen molar-refractivity contribution in [2.24, 2.45) is 17.8 Å². The summed E-state index contributed by atoms with van der Waals surface area (Å²) < 4.78 is 66.2. The molecule has 16 nitrogen and oxygen atoms in total. The van der Waals surface area contributed by atoms with E-state index in [-0.39, 0.29) is 85.8 Å². The molecule has 14 atom stereocenters. The Labute approximate surface area is 334 Å². The molecule has 0 bridgehead atoms. The summed E-state index contributed by atoms with van der Waals surface area (Å²) in [6, 6.07) is -1.33. The van der Waals surface area contributed by atoms with Crippen LogP contribution in [-0.2, 0) is 63.2 Å². The van der Waals surface area contributed by atoms with Crippen molar-refractivity contribution in [1.82, 2.24) is 0 Å². The van der Waals surface area contributed by atoms with E-state index in [1.165, 1.54) is 0 Å². The van der Waals surface area contributed by atoms with Crippen LogP contribution in [0, 0.1) is 17.8 Å². The Morgan fingerprint density at radius 1 is 0.722 bits per heavy atom. The van der Waals surface area contributed by atoms with Gasteiger partial charge in [-0.1, -0.05) is 32.2 Å². The summed E-state index contributed by atoms with van der Waals surface area (Å²) in [4.78, 5) is 47.4. The van der Waals surface area contributed by atoms with Gasteiger partial charge in [0, 0.05) is 41.5 Å². The molecule has 3 aliphatic heterocycles. The molecule has 0 spiro atoms. The zero-order valence-electron chi connectivity index (χ0n) is 31.6. The van der Waals surface area contributed by atoms with Gasteiger partial charge in [0.1, 0.15) is 49.4 Å². The molecular weight excluding hydrogens is 805 g/mol. The molecule has 3 saturated heterocycles. The fraction of sp³-hybridized carbons (Fsp3) is 0.966. The normalized spacial score (nSPS) is 34.9. The molecule has 54 heavy (non-hydrogen) atoms. The Kier molecular flexibility index (Phi) is 22.9. The summed E-state index contributed by atoms with van der Waals surface area (Å²) in [6.07, 6.45) is -2.74. The molecule has 6 radical (unpaired) electrons. The van der Waals surface area contributed by atoms with Gasteiger partial charge < -0.3 is 66.7 Å². The summed E-state index contributed by atoms with van der Waals surface area (Å²) in [5, 5.41) is 8.51. The predicted molar refractivity (Wildman–Crippen MR) is 216 cm³/mol. The fourth-order valence-corrected chi connectivity index (χ4v) is 8.75. The number of carbonyl (C=O) groups is 1. The van der Waals surface area contributed by atoms with Crippen LogP contribution in [-0.4, -0.2) is 160 Å². The van der Waals surface area contributed by atoms with Crippen LogP contribution in [0.5, 0.6) is 0 Å². The highest BCUT2D eigenvalue weighted by atomic mass is 32.9. The Hall–Kier alpha value is 0.710. The third kappa shape index (κ3) is 20.1. The van der Waals surface area contributed by atoms with Crippen LogP contribution in [0.2, 0.25) is 0 Å². The van der Waals surface area contributed by atoms with Crippen molar-refractivity contribution in [2.75, 3.05) is 25.1 Å². The van der Waals surface area contributed by atoms with Gasteiger partial charge in [-0.3, -0.25) is 9.36 Å². The lowest BCUT2D eigenvalue weighted by Crippen LogP contribution is -2.34. The van der Waals surface area contributed by atoms with Gasteiger partial charge in [-0.15, -0.1) is 0 Å². The molecule has 0 aromatic heterocycles. The van der Waals surface area contributed by atoms with Gasteiger partial charge in [-0.25, -0.2) is 0 Å². The molecule has 3 rings (SSSR count). The van der Waals surface area contributed by atoms with Crippen LogP contribution in [0.3, 0.4) is 0 Å².